The lowest BCUT2D eigenvalue weighted by Gasteiger charge is -2.24. The molecule has 2 aromatic rings. The second-order valence-corrected chi connectivity index (χ2v) is 13.6. The number of benzene rings is 2. The average Bonchev–Trinajstić information content (AvgIpc) is 2.94. The van der Waals surface area contributed by atoms with Crippen molar-refractivity contribution < 1.29 is 28.5 Å². The topological polar surface area (TPSA) is 63.2 Å². The first-order valence-electron chi connectivity index (χ1n) is 16.3. The van der Waals surface area contributed by atoms with Gasteiger partial charge in [-0.1, -0.05) is 88.3 Å². The van der Waals surface area contributed by atoms with Crippen LogP contribution in [-0.2, 0) is 12.8 Å². The number of hydrogen-bond donors (Lipinski definition) is 0. The highest BCUT2D eigenvalue weighted by Crippen LogP contribution is 2.46. The first-order valence-corrected chi connectivity index (χ1v) is 16.3. The number of ketones is 1. The van der Waals surface area contributed by atoms with Gasteiger partial charge in [0.1, 0.15) is 11.3 Å². The maximum absolute atomic E-state index is 14.3. The van der Waals surface area contributed by atoms with E-state index in [1.165, 1.54) is 5.56 Å². The summed E-state index contributed by atoms with van der Waals surface area (Å²) in [4.78, 5) is 14.3. The van der Waals surface area contributed by atoms with Crippen LogP contribution < -0.4 is 23.7 Å². The molecule has 0 spiro atoms. The van der Waals surface area contributed by atoms with Gasteiger partial charge in [0, 0.05) is 12.5 Å². The van der Waals surface area contributed by atoms with E-state index in [9.17, 15) is 4.79 Å². The van der Waals surface area contributed by atoms with Crippen LogP contribution in [0.25, 0.3) is 0 Å². The standard InChI is InChI=1S/C37H58O6/c1-12-29-13-16-32(39-19-24(2)3)30(17-29)14-15-31(38)35-36(42-22-27(8)9)33(40-20-25(4)5)18-34(41-21-26(6)7)37(35)43-23-28(10)11/h13,16-18,24-28H,12,14-15,19-23H2,1-11H3. The van der Waals surface area contributed by atoms with Crippen molar-refractivity contribution in [2.24, 2.45) is 29.6 Å². The molecule has 0 radical (unpaired) electrons. The van der Waals surface area contributed by atoms with Gasteiger partial charge >= 0.3 is 0 Å². The number of Topliss-reactive ketones (excluding diaryl/α,β-unsaturated/α-hetero) is 1. The van der Waals surface area contributed by atoms with Gasteiger partial charge in [-0.05, 0) is 59.6 Å². The van der Waals surface area contributed by atoms with Gasteiger partial charge in [-0.3, -0.25) is 4.79 Å². The van der Waals surface area contributed by atoms with Crippen LogP contribution in [0.2, 0.25) is 0 Å². The molecule has 0 heterocycles. The third-order valence-corrected chi connectivity index (χ3v) is 6.44. The summed E-state index contributed by atoms with van der Waals surface area (Å²) in [6.45, 7) is 25.6. The Hall–Kier alpha value is -2.89. The lowest BCUT2D eigenvalue weighted by Crippen LogP contribution is -2.17. The lowest BCUT2D eigenvalue weighted by atomic mass is 9.98. The highest BCUT2D eigenvalue weighted by Gasteiger charge is 2.29. The summed E-state index contributed by atoms with van der Waals surface area (Å²) in [5, 5.41) is 0. The minimum atomic E-state index is -0.0707. The number of ether oxygens (including phenoxy) is 5. The minimum Gasteiger partial charge on any atom is -0.493 e. The first-order chi connectivity index (χ1) is 20.3. The minimum absolute atomic E-state index is 0.0707. The Morgan fingerprint density at radius 2 is 1.00 bits per heavy atom. The first kappa shape index (κ1) is 36.3. The number of carbonyl (C=O) groups excluding carboxylic acids is 1. The van der Waals surface area contributed by atoms with Crippen LogP contribution in [0.4, 0.5) is 0 Å². The van der Waals surface area contributed by atoms with Gasteiger partial charge in [0.05, 0.1) is 33.0 Å². The van der Waals surface area contributed by atoms with Crippen LogP contribution in [0.3, 0.4) is 0 Å². The van der Waals surface area contributed by atoms with Gasteiger partial charge in [0.15, 0.2) is 28.8 Å². The van der Waals surface area contributed by atoms with Crippen LogP contribution in [0.1, 0.15) is 104 Å². The third-order valence-electron chi connectivity index (χ3n) is 6.44. The van der Waals surface area contributed by atoms with Crippen molar-refractivity contribution in [3.63, 3.8) is 0 Å². The summed E-state index contributed by atoms with van der Waals surface area (Å²) < 4.78 is 31.5. The predicted octanol–water partition coefficient (Wildman–Crippen LogP) is 9.24. The molecule has 0 aliphatic rings. The van der Waals surface area contributed by atoms with Crippen LogP contribution in [0, 0.1) is 29.6 Å². The molecule has 43 heavy (non-hydrogen) atoms. The molecule has 0 bridgehead atoms. The molecule has 0 aliphatic heterocycles. The summed E-state index contributed by atoms with van der Waals surface area (Å²) in [6, 6.07) is 8.14. The fourth-order valence-corrected chi connectivity index (χ4v) is 4.19. The van der Waals surface area contributed by atoms with E-state index in [1.807, 2.05) is 12.1 Å². The fraction of sp³-hybridized carbons (Fsp3) is 0.649. The van der Waals surface area contributed by atoms with Crippen molar-refractivity contribution in [1.29, 1.82) is 0 Å². The third kappa shape index (κ3) is 12.3. The van der Waals surface area contributed by atoms with Gasteiger partial charge in [0.2, 0.25) is 0 Å². The fourth-order valence-electron chi connectivity index (χ4n) is 4.19. The Balaban J connectivity index is 2.65. The molecule has 0 atom stereocenters. The van der Waals surface area contributed by atoms with E-state index in [1.54, 1.807) is 0 Å². The van der Waals surface area contributed by atoms with E-state index in [2.05, 4.69) is 88.3 Å². The molecule has 0 unspecified atom stereocenters. The lowest BCUT2D eigenvalue weighted by molar-refractivity contribution is 0.0969. The number of carbonyl (C=O) groups is 1. The molecule has 0 saturated carbocycles. The molecule has 242 valence electrons. The molecule has 0 amide bonds. The van der Waals surface area contributed by atoms with E-state index < -0.39 is 0 Å². The van der Waals surface area contributed by atoms with E-state index >= 15 is 0 Å². The second-order valence-electron chi connectivity index (χ2n) is 13.6. The van der Waals surface area contributed by atoms with Crippen LogP contribution in [0.5, 0.6) is 28.7 Å². The quantitative estimate of drug-likeness (QED) is 0.142. The van der Waals surface area contributed by atoms with E-state index in [-0.39, 0.29) is 24.0 Å². The molecule has 6 heteroatoms. The van der Waals surface area contributed by atoms with Crippen LogP contribution in [-0.4, -0.2) is 38.8 Å². The SMILES string of the molecule is CCc1ccc(OCC(C)C)c(CCC(=O)c2c(OCC(C)C)c(OCC(C)C)cc(OCC(C)C)c2OCC(C)C)c1. The normalized spacial score (nSPS) is 11.6. The Morgan fingerprint density at radius 1 is 0.581 bits per heavy atom. The molecule has 0 N–H and O–H groups in total. The summed E-state index contributed by atoms with van der Waals surface area (Å²) >= 11 is 0. The number of hydrogen-bond acceptors (Lipinski definition) is 6. The monoisotopic (exact) mass is 598 g/mol. The molecule has 2 rings (SSSR count). The van der Waals surface area contributed by atoms with Gasteiger partial charge in [-0.15, -0.1) is 0 Å². The highest BCUT2D eigenvalue weighted by molar-refractivity contribution is 6.03. The van der Waals surface area contributed by atoms with Gasteiger partial charge in [-0.25, -0.2) is 0 Å². The van der Waals surface area contributed by atoms with Crippen molar-refractivity contribution in [2.75, 3.05) is 33.0 Å². The summed E-state index contributed by atoms with van der Waals surface area (Å²) in [5.74, 6) is 4.19. The van der Waals surface area contributed by atoms with E-state index in [0.717, 1.165) is 17.7 Å². The highest BCUT2D eigenvalue weighted by atomic mass is 16.5. The van der Waals surface area contributed by atoms with Crippen LogP contribution in [0.15, 0.2) is 24.3 Å². The van der Waals surface area contributed by atoms with E-state index in [0.29, 0.717) is 85.8 Å². The van der Waals surface area contributed by atoms with E-state index in [4.69, 9.17) is 23.7 Å². The molecule has 2 aromatic carbocycles. The van der Waals surface area contributed by atoms with Crippen LogP contribution >= 0.6 is 0 Å². The molecule has 0 saturated heterocycles. The summed E-state index contributed by atoms with van der Waals surface area (Å²) in [6.07, 6.45) is 1.71. The van der Waals surface area contributed by atoms with Gasteiger partial charge in [-0.2, -0.15) is 0 Å². The average molecular weight is 599 g/mol. The smallest absolute Gasteiger partial charge is 0.176 e. The maximum Gasteiger partial charge on any atom is 0.176 e. The van der Waals surface area contributed by atoms with Crippen molar-refractivity contribution in [3.8, 4) is 28.7 Å². The van der Waals surface area contributed by atoms with Crippen molar-refractivity contribution in [2.45, 2.75) is 95.4 Å². The van der Waals surface area contributed by atoms with Crippen molar-refractivity contribution in [1.82, 2.24) is 0 Å². The number of rotatable bonds is 20. The zero-order valence-corrected chi connectivity index (χ0v) is 28.8. The molecular formula is C37H58O6. The van der Waals surface area contributed by atoms with Crippen molar-refractivity contribution >= 4 is 5.78 Å². The Kier molecular flexibility index (Phi) is 15.2. The number of aryl methyl sites for hydroxylation is 2. The maximum atomic E-state index is 14.3. The molecule has 0 aromatic heterocycles. The summed E-state index contributed by atoms with van der Waals surface area (Å²) in [5.41, 5.74) is 2.65. The Labute approximate surface area is 261 Å². The van der Waals surface area contributed by atoms with Crippen molar-refractivity contribution in [3.05, 3.63) is 41.0 Å². The zero-order chi connectivity index (χ0) is 32.1. The molecule has 6 nitrogen and oxygen atoms in total. The Morgan fingerprint density at radius 3 is 1.42 bits per heavy atom. The molecule has 0 aliphatic carbocycles. The van der Waals surface area contributed by atoms with Gasteiger partial charge < -0.3 is 23.7 Å². The van der Waals surface area contributed by atoms with Gasteiger partial charge in [0.25, 0.3) is 0 Å². The molecule has 0 fully saturated rings. The second kappa shape index (κ2) is 18.0. The molecular weight excluding hydrogens is 540 g/mol. The summed E-state index contributed by atoms with van der Waals surface area (Å²) in [7, 11) is 0. The largest absolute Gasteiger partial charge is 0.493 e. The predicted molar refractivity (Wildman–Crippen MR) is 177 cm³/mol. The zero-order valence-electron chi connectivity index (χ0n) is 28.8. The Bertz CT molecular complexity index is 1090.